The molecule has 2 aromatic carbocycles. The van der Waals surface area contributed by atoms with Gasteiger partial charge in [0.1, 0.15) is 11.5 Å². The smallest absolute Gasteiger partial charge is 0.224 e. The van der Waals surface area contributed by atoms with Gasteiger partial charge >= 0.3 is 0 Å². The van der Waals surface area contributed by atoms with Gasteiger partial charge in [-0.15, -0.1) is 0 Å². The summed E-state index contributed by atoms with van der Waals surface area (Å²) in [5, 5.41) is 3.15. The Morgan fingerprint density at radius 3 is 2.28 bits per heavy atom. The fourth-order valence-electron chi connectivity index (χ4n) is 3.84. The summed E-state index contributed by atoms with van der Waals surface area (Å²) in [6.45, 7) is 5.42. The molecule has 0 saturated carbocycles. The molecule has 1 atom stereocenters. The molecule has 1 N–H and O–H groups in total. The van der Waals surface area contributed by atoms with Crippen LogP contribution in [0, 0.1) is 0 Å². The van der Waals surface area contributed by atoms with Crippen LogP contribution < -0.4 is 14.8 Å². The third-order valence-electron chi connectivity index (χ3n) is 5.42. The van der Waals surface area contributed by atoms with E-state index in [4.69, 9.17) is 9.47 Å². The number of amides is 1. The Bertz CT molecular complexity index is 753. The van der Waals surface area contributed by atoms with Crippen molar-refractivity contribution in [3.05, 3.63) is 59.7 Å². The average Bonchev–Trinajstić information content (AvgIpc) is 2.76. The molecule has 0 spiro atoms. The second-order valence-electron chi connectivity index (χ2n) is 7.44. The third kappa shape index (κ3) is 6.23. The molecule has 1 unspecified atom stereocenters. The van der Waals surface area contributed by atoms with Crippen molar-refractivity contribution in [2.45, 2.75) is 38.6 Å². The molecule has 1 heterocycles. The van der Waals surface area contributed by atoms with Gasteiger partial charge in [0, 0.05) is 6.54 Å². The zero-order valence-corrected chi connectivity index (χ0v) is 17.5. The Morgan fingerprint density at radius 1 is 1.00 bits per heavy atom. The van der Waals surface area contributed by atoms with Gasteiger partial charge in [-0.2, -0.15) is 0 Å². The van der Waals surface area contributed by atoms with Gasteiger partial charge in [-0.1, -0.05) is 30.7 Å². The summed E-state index contributed by atoms with van der Waals surface area (Å²) in [4.78, 5) is 15.0. The van der Waals surface area contributed by atoms with Crippen molar-refractivity contribution in [1.82, 2.24) is 10.2 Å². The molecule has 1 aliphatic rings. The molecule has 0 aliphatic carbocycles. The second-order valence-corrected chi connectivity index (χ2v) is 7.44. The van der Waals surface area contributed by atoms with E-state index < -0.39 is 0 Å². The second kappa shape index (κ2) is 10.9. The summed E-state index contributed by atoms with van der Waals surface area (Å²) in [6, 6.07) is 16.1. The van der Waals surface area contributed by atoms with E-state index in [0.29, 0.717) is 19.6 Å². The van der Waals surface area contributed by atoms with Gasteiger partial charge in [-0.3, -0.25) is 9.69 Å². The van der Waals surface area contributed by atoms with Crippen LogP contribution in [0.25, 0.3) is 0 Å². The standard InChI is InChI=1S/C24H32N2O3/c1-3-29-22-13-9-20(10-14-22)23(26-15-5-4-6-16-26)18-25-24(27)17-19-7-11-21(28-2)12-8-19/h7-14,23H,3-6,15-18H2,1-2H3,(H,25,27). The molecule has 3 rings (SSSR count). The maximum Gasteiger partial charge on any atom is 0.224 e. The monoisotopic (exact) mass is 396 g/mol. The van der Waals surface area contributed by atoms with E-state index >= 15 is 0 Å². The topological polar surface area (TPSA) is 50.8 Å². The lowest BCUT2D eigenvalue weighted by molar-refractivity contribution is -0.120. The zero-order valence-electron chi connectivity index (χ0n) is 17.5. The molecule has 1 aliphatic heterocycles. The van der Waals surface area contributed by atoms with Crippen LogP contribution in [0.5, 0.6) is 11.5 Å². The highest BCUT2D eigenvalue weighted by atomic mass is 16.5. The maximum atomic E-state index is 12.5. The summed E-state index contributed by atoms with van der Waals surface area (Å²) in [5.41, 5.74) is 2.21. The van der Waals surface area contributed by atoms with Gasteiger partial charge in [0.25, 0.3) is 0 Å². The molecule has 5 nitrogen and oxygen atoms in total. The number of methoxy groups -OCH3 is 1. The van der Waals surface area contributed by atoms with Crippen molar-refractivity contribution in [3.8, 4) is 11.5 Å². The number of carbonyl (C=O) groups is 1. The summed E-state index contributed by atoms with van der Waals surface area (Å²) >= 11 is 0. The van der Waals surface area contributed by atoms with Crippen molar-refractivity contribution < 1.29 is 14.3 Å². The highest BCUT2D eigenvalue weighted by Gasteiger charge is 2.23. The normalized spacial score (nSPS) is 15.5. The minimum atomic E-state index is 0.0445. The van der Waals surface area contributed by atoms with Crippen LogP contribution in [-0.4, -0.2) is 44.2 Å². The number of nitrogens with zero attached hydrogens (tertiary/aromatic N) is 1. The number of hydrogen-bond donors (Lipinski definition) is 1. The van der Waals surface area contributed by atoms with Crippen LogP contribution in [-0.2, 0) is 11.2 Å². The fraction of sp³-hybridized carbons (Fsp3) is 0.458. The summed E-state index contributed by atoms with van der Waals surface area (Å²) < 4.78 is 10.8. The molecular formula is C24H32N2O3. The third-order valence-corrected chi connectivity index (χ3v) is 5.42. The van der Waals surface area contributed by atoms with Crippen molar-refractivity contribution in [2.75, 3.05) is 33.4 Å². The SMILES string of the molecule is CCOc1ccc(C(CNC(=O)Cc2ccc(OC)cc2)N2CCCCC2)cc1. The quantitative estimate of drug-likeness (QED) is 0.697. The molecule has 1 fully saturated rings. The van der Waals surface area contributed by atoms with Crippen LogP contribution in [0.1, 0.15) is 43.4 Å². The van der Waals surface area contributed by atoms with E-state index in [-0.39, 0.29) is 11.9 Å². The molecule has 1 amide bonds. The number of rotatable bonds is 9. The number of hydrogen-bond acceptors (Lipinski definition) is 4. The maximum absolute atomic E-state index is 12.5. The predicted octanol–water partition coefficient (Wildman–Crippen LogP) is 3.98. The van der Waals surface area contributed by atoms with Crippen LogP contribution in [0.2, 0.25) is 0 Å². The molecule has 2 aromatic rings. The zero-order chi connectivity index (χ0) is 20.5. The van der Waals surface area contributed by atoms with Gasteiger partial charge in [-0.25, -0.2) is 0 Å². The first-order chi connectivity index (χ1) is 14.2. The van der Waals surface area contributed by atoms with Gasteiger partial charge < -0.3 is 14.8 Å². The highest BCUT2D eigenvalue weighted by Crippen LogP contribution is 2.26. The number of benzene rings is 2. The minimum Gasteiger partial charge on any atom is -0.497 e. The first kappa shape index (κ1) is 21.2. The van der Waals surface area contributed by atoms with E-state index in [0.717, 1.165) is 30.2 Å². The molecule has 5 heteroatoms. The van der Waals surface area contributed by atoms with Crippen LogP contribution >= 0.6 is 0 Å². The number of ether oxygens (including phenoxy) is 2. The van der Waals surface area contributed by atoms with Crippen molar-refractivity contribution in [1.29, 1.82) is 0 Å². The lowest BCUT2D eigenvalue weighted by atomic mass is 10.0. The Morgan fingerprint density at radius 2 is 1.66 bits per heavy atom. The summed E-state index contributed by atoms with van der Waals surface area (Å²) in [5.74, 6) is 1.73. The molecule has 0 aromatic heterocycles. The highest BCUT2D eigenvalue weighted by molar-refractivity contribution is 5.78. The Labute approximate surface area is 174 Å². The van der Waals surface area contributed by atoms with E-state index in [1.54, 1.807) is 7.11 Å². The van der Waals surface area contributed by atoms with Crippen molar-refractivity contribution in [2.24, 2.45) is 0 Å². The van der Waals surface area contributed by atoms with Crippen LogP contribution in [0.15, 0.2) is 48.5 Å². The molecule has 29 heavy (non-hydrogen) atoms. The van der Waals surface area contributed by atoms with Gasteiger partial charge in [0.15, 0.2) is 0 Å². The van der Waals surface area contributed by atoms with Crippen LogP contribution in [0.3, 0.4) is 0 Å². The van der Waals surface area contributed by atoms with E-state index in [1.165, 1.54) is 24.8 Å². The Hall–Kier alpha value is -2.53. The average molecular weight is 397 g/mol. The lowest BCUT2D eigenvalue weighted by Crippen LogP contribution is -2.41. The number of likely N-dealkylation sites (tertiary alicyclic amines) is 1. The van der Waals surface area contributed by atoms with Gasteiger partial charge in [0.05, 0.1) is 26.2 Å². The fourth-order valence-corrected chi connectivity index (χ4v) is 3.84. The number of carbonyl (C=O) groups excluding carboxylic acids is 1. The van der Waals surface area contributed by atoms with Crippen molar-refractivity contribution in [3.63, 3.8) is 0 Å². The molecular weight excluding hydrogens is 364 g/mol. The Kier molecular flexibility index (Phi) is 7.94. The first-order valence-electron chi connectivity index (χ1n) is 10.6. The first-order valence-corrected chi connectivity index (χ1v) is 10.6. The van der Waals surface area contributed by atoms with Crippen LogP contribution in [0.4, 0.5) is 0 Å². The summed E-state index contributed by atoms with van der Waals surface area (Å²) in [6.07, 6.45) is 4.09. The largest absolute Gasteiger partial charge is 0.497 e. The van der Waals surface area contributed by atoms with E-state index in [1.807, 2.05) is 43.3 Å². The van der Waals surface area contributed by atoms with E-state index in [9.17, 15) is 4.79 Å². The van der Waals surface area contributed by atoms with Gasteiger partial charge in [0.2, 0.25) is 5.91 Å². The summed E-state index contributed by atoms with van der Waals surface area (Å²) in [7, 11) is 1.64. The number of piperidine rings is 1. The van der Waals surface area contributed by atoms with Gasteiger partial charge in [-0.05, 0) is 68.2 Å². The molecule has 0 radical (unpaired) electrons. The minimum absolute atomic E-state index is 0.0445. The Balaban J connectivity index is 1.63. The van der Waals surface area contributed by atoms with E-state index in [2.05, 4.69) is 22.3 Å². The molecule has 156 valence electrons. The predicted molar refractivity (Wildman–Crippen MR) is 115 cm³/mol. The van der Waals surface area contributed by atoms with Crippen molar-refractivity contribution >= 4 is 5.91 Å². The lowest BCUT2D eigenvalue weighted by Gasteiger charge is -2.35. The molecule has 1 saturated heterocycles. The molecule has 0 bridgehead atoms. The number of nitrogens with one attached hydrogen (secondary N) is 1.